The smallest absolute Gasteiger partial charge is 0.408 e. The Kier molecular flexibility index (Phi) is 10.8. The lowest BCUT2D eigenvalue weighted by atomic mass is 9.95. The number of hydrogen-bond acceptors (Lipinski definition) is 5. The van der Waals surface area contributed by atoms with Gasteiger partial charge >= 0.3 is 6.09 Å². The molecule has 0 aliphatic carbocycles. The summed E-state index contributed by atoms with van der Waals surface area (Å²) < 4.78 is 5.37. The van der Waals surface area contributed by atoms with Crippen LogP contribution >= 0.6 is 0 Å². The van der Waals surface area contributed by atoms with Crippen LogP contribution in [-0.2, 0) is 20.7 Å². The maximum Gasteiger partial charge on any atom is 0.408 e. The lowest BCUT2D eigenvalue weighted by Gasteiger charge is -2.36. The number of hydrogen-bond donors (Lipinski definition) is 2. The van der Waals surface area contributed by atoms with Crippen LogP contribution < -0.4 is 10.6 Å². The number of ether oxygens (including phenoxy) is 1. The molecule has 8 heteroatoms. The van der Waals surface area contributed by atoms with Crippen molar-refractivity contribution in [2.45, 2.75) is 98.4 Å². The predicted octanol–water partition coefficient (Wildman–Crippen LogP) is 4.50. The van der Waals surface area contributed by atoms with Crippen molar-refractivity contribution in [1.29, 1.82) is 5.26 Å². The lowest BCUT2D eigenvalue weighted by Crippen LogP contribution is -2.56. The molecule has 0 fully saturated rings. The van der Waals surface area contributed by atoms with Crippen LogP contribution in [0.5, 0.6) is 0 Å². The number of carbonyl (C=O) groups is 3. The summed E-state index contributed by atoms with van der Waals surface area (Å²) in [7, 11) is 0. The summed E-state index contributed by atoms with van der Waals surface area (Å²) in [6.45, 7) is 16.2. The first-order valence-electron chi connectivity index (χ1n) is 12.2. The molecular weight excluding hydrogens is 444 g/mol. The number of nitrogens with one attached hydrogen (secondary N) is 2. The number of rotatable bonds is 9. The van der Waals surface area contributed by atoms with Gasteiger partial charge in [-0.1, -0.05) is 51.5 Å². The van der Waals surface area contributed by atoms with E-state index in [0.717, 1.165) is 12.0 Å². The molecule has 0 saturated carbocycles. The fourth-order valence-electron chi connectivity index (χ4n) is 3.52. The fraction of sp³-hybridized carbons (Fsp3) is 0.630. The topological polar surface area (TPSA) is 112 Å². The van der Waals surface area contributed by atoms with E-state index >= 15 is 0 Å². The second kappa shape index (κ2) is 12.6. The van der Waals surface area contributed by atoms with Crippen LogP contribution in [-0.4, -0.2) is 46.5 Å². The molecule has 194 valence electrons. The van der Waals surface area contributed by atoms with Gasteiger partial charge in [-0.25, -0.2) is 4.79 Å². The van der Waals surface area contributed by atoms with Crippen LogP contribution in [0.15, 0.2) is 24.3 Å². The van der Waals surface area contributed by atoms with Crippen molar-refractivity contribution in [1.82, 2.24) is 15.5 Å². The van der Waals surface area contributed by atoms with Crippen molar-refractivity contribution in [3.8, 4) is 6.07 Å². The molecule has 3 atom stereocenters. The van der Waals surface area contributed by atoms with Crippen LogP contribution in [0, 0.1) is 17.2 Å². The Morgan fingerprint density at radius 3 is 2.06 bits per heavy atom. The minimum absolute atomic E-state index is 0.259. The van der Waals surface area contributed by atoms with Crippen LogP contribution in [0.25, 0.3) is 0 Å². The quantitative estimate of drug-likeness (QED) is 0.499. The molecule has 0 heterocycles. The molecule has 0 aliphatic rings. The first-order valence-corrected chi connectivity index (χ1v) is 12.2. The van der Waals surface area contributed by atoms with E-state index in [1.54, 1.807) is 20.8 Å². The van der Waals surface area contributed by atoms with E-state index in [0.29, 0.717) is 12.0 Å². The zero-order valence-electron chi connectivity index (χ0n) is 22.7. The van der Waals surface area contributed by atoms with Gasteiger partial charge in [0.05, 0.1) is 6.07 Å². The van der Waals surface area contributed by atoms with Crippen molar-refractivity contribution >= 4 is 17.9 Å². The Morgan fingerprint density at radius 2 is 1.63 bits per heavy atom. The Hall–Kier alpha value is -3.08. The summed E-state index contributed by atoms with van der Waals surface area (Å²) in [4.78, 5) is 41.2. The van der Waals surface area contributed by atoms with Crippen LogP contribution in [0.3, 0.4) is 0 Å². The molecule has 2 N–H and O–H groups in total. The third-order valence-electron chi connectivity index (χ3n) is 5.44. The largest absolute Gasteiger partial charge is 0.444 e. The summed E-state index contributed by atoms with van der Waals surface area (Å²) in [6.07, 6.45) is 0.697. The van der Waals surface area contributed by atoms with E-state index in [4.69, 9.17) is 4.74 Å². The van der Waals surface area contributed by atoms with Crippen LogP contribution in [0.4, 0.5) is 4.79 Å². The highest BCUT2D eigenvalue weighted by molar-refractivity contribution is 5.92. The number of amides is 3. The average molecular weight is 487 g/mol. The maximum atomic E-state index is 13.9. The third-order valence-corrected chi connectivity index (χ3v) is 5.44. The van der Waals surface area contributed by atoms with Crippen molar-refractivity contribution < 1.29 is 19.1 Å². The molecule has 35 heavy (non-hydrogen) atoms. The van der Waals surface area contributed by atoms with Gasteiger partial charge < -0.3 is 20.3 Å². The average Bonchev–Trinajstić information content (AvgIpc) is 2.74. The number of alkyl carbamates (subject to hydrolysis) is 1. The van der Waals surface area contributed by atoms with Gasteiger partial charge in [0.25, 0.3) is 0 Å². The Labute approximate surface area is 210 Å². The molecule has 3 unspecified atom stereocenters. The van der Waals surface area contributed by atoms with E-state index in [2.05, 4.69) is 10.6 Å². The van der Waals surface area contributed by atoms with Crippen LogP contribution in [0.1, 0.15) is 85.9 Å². The lowest BCUT2D eigenvalue weighted by molar-refractivity contribution is -0.143. The summed E-state index contributed by atoms with van der Waals surface area (Å²) in [5.41, 5.74) is 0.388. The van der Waals surface area contributed by atoms with Gasteiger partial charge in [0.2, 0.25) is 11.8 Å². The molecular formula is C27H42N4O4. The molecule has 1 aromatic rings. The van der Waals surface area contributed by atoms with E-state index in [1.807, 2.05) is 71.9 Å². The molecule has 3 amide bonds. The molecule has 8 nitrogen and oxygen atoms in total. The number of benzene rings is 1. The monoisotopic (exact) mass is 486 g/mol. The SMILES string of the molecule is CCc1ccc(C(C(=O)NC(C)(C)C)N(CC#N)C(=O)C(NC(=O)OC(C)(C)C)C(C)CC)cc1. The second-order valence-electron chi connectivity index (χ2n) is 10.9. The predicted molar refractivity (Wildman–Crippen MR) is 136 cm³/mol. The summed E-state index contributed by atoms with van der Waals surface area (Å²) in [5.74, 6) is -1.17. The molecule has 0 spiro atoms. The molecule has 0 aromatic heterocycles. The van der Waals surface area contributed by atoms with Gasteiger partial charge in [-0.05, 0) is 65.0 Å². The fourth-order valence-corrected chi connectivity index (χ4v) is 3.52. The Balaban J connectivity index is 3.51. The van der Waals surface area contributed by atoms with Crippen molar-refractivity contribution in [2.75, 3.05) is 6.54 Å². The first kappa shape index (κ1) is 30.0. The highest BCUT2D eigenvalue weighted by Crippen LogP contribution is 2.26. The second-order valence-corrected chi connectivity index (χ2v) is 10.9. The Morgan fingerprint density at radius 1 is 1.06 bits per heavy atom. The summed E-state index contributed by atoms with van der Waals surface area (Å²) in [6, 6.07) is 7.45. The van der Waals surface area contributed by atoms with Gasteiger partial charge in [0, 0.05) is 5.54 Å². The summed E-state index contributed by atoms with van der Waals surface area (Å²) in [5, 5.41) is 15.2. The van der Waals surface area contributed by atoms with Gasteiger partial charge in [0.15, 0.2) is 0 Å². The normalized spacial score (nSPS) is 14.2. The van der Waals surface area contributed by atoms with Gasteiger partial charge in [-0.15, -0.1) is 0 Å². The van der Waals surface area contributed by atoms with E-state index in [9.17, 15) is 19.6 Å². The zero-order chi connectivity index (χ0) is 27.0. The minimum Gasteiger partial charge on any atom is -0.444 e. The highest BCUT2D eigenvalue weighted by Gasteiger charge is 2.38. The van der Waals surface area contributed by atoms with Gasteiger partial charge in [0.1, 0.15) is 24.2 Å². The van der Waals surface area contributed by atoms with E-state index < -0.39 is 41.1 Å². The molecule has 1 aromatic carbocycles. The molecule has 0 saturated heterocycles. The van der Waals surface area contributed by atoms with E-state index in [-0.39, 0.29) is 12.5 Å². The zero-order valence-corrected chi connectivity index (χ0v) is 22.7. The van der Waals surface area contributed by atoms with Gasteiger partial charge in [-0.3, -0.25) is 9.59 Å². The molecule has 0 aliphatic heterocycles. The summed E-state index contributed by atoms with van der Waals surface area (Å²) >= 11 is 0. The van der Waals surface area contributed by atoms with Crippen LogP contribution in [0.2, 0.25) is 0 Å². The van der Waals surface area contributed by atoms with Crippen molar-refractivity contribution in [3.63, 3.8) is 0 Å². The maximum absolute atomic E-state index is 13.9. The highest BCUT2D eigenvalue weighted by atomic mass is 16.6. The number of nitrogens with zero attached hydrogens (tertiary/aromatic N) is 2. The standard InChI is InChI=1S/C27H42N4O4/c1-10-18(3)21(29-25(34)35-27(7,8)9)24(33)31(17-16-28)22(23(32)30-26(4,5)6)20-14-12-19(11-2)13-15-20/h12-15,18,21-22H,10-11,17H2,1-9H3,(H,29,34)(H,30,32). The minimum atomic E-state index is -1.04. The first-order chi connectivity index (χ1) is 16.1. The van der Waals surface area contributed by atoms with Crippen molar-refractivity contribution in [3.05, 3.63) is 35.4 Å². The van der Waals surface area contributed by atoms with Crippen molar-refractivity contribution in [2.24, 2.45) is 5.92 Å². The number of aryl methyl sites for hydroxylation is 1. The van der Waals surface area contributed by atoms with E-state index in [1.165, 1.54) is 4.90 Å². The number of carbonyl (C=O) groups excluding carboxylic acids is 3. The molecule has 0 radical (unpaired) electrons. The van der Waals surface area contributed by atoms with Gasteiger partial charge in [-0.2, -0.15) is 5.26 Å². The third kappa shape index (κ3) is 9.59. The number of nitriles is 1. The molecule has 0 bridgehead atoms. The molecule has 1 rings (SSSR count). The Bertz CT molecular complexity index is 907.